The molecule has 0 spiro atoms. The van der Waals surface area contributed by atoms with Crippen molar-refractivity contribution in [3.05, 3.63) is 59.9 Å². The molecular formula is C24H32N4O. The van der Waals surface area contributed by atoms with Crippen LogP contribution in [-0.4, -0.2) is 60.1 Å². The van der Waals surface area contributed by atoms with Crippen molar-refractivity contribution in [3.63, 3.8) is 0 Å². The third-order valence-corrected chi connectivity index (χ3v) is 5.73. The van der Waals surface area contributed by atoms with Gasteiger partial charge in [-0.05, 0) is 64.2 Å². The number of nitrogens with zero attached hydrogens (tertiary/aromatic N) is 3. The van der Waals surface area contributed by atoms with Crippen LogP contribution < -0.4 is 4.74 Å². The van der Waals surface area contributed by atoms with Crippen LogP contribution in [0.2, 0.25) is 0 Å². The molecule has 3 aromatic rings. The summed E-state index contributed by atoms with van der Waals surface area (Å²) in [7, 11) is 4.20. The monoisotopic (exact) mass is 392 g/mol. The Bertz CT molecular complexity index is 887. The van der Waals surface area contributed by atoms with Gasteiger partial charge in [-0.25, -0.2) is 4.98 Å². The Morgan fingerprint density at radius 2 is 2.10 bits per heavy atom. The lowest BCUT2D eigenvalue weighted by Gasteiger charge is -2.32. The highest BCUT2D eigenvalue weighted by Gasteiger charge is 2.23. The molecule has 1 N–H and O–H groups in total. The first kappa shape index (κ1) is 19.9. The number of nitrogens with one attached hydrogen (secondary N) is 1. The van der Waals surface area contributed by atoms with E-state index in [2.05, 4.69) is 70.3 Å². The smallest absolute Gasteiger partial charge is 0.137 e. The van der Waals surface area contributed by atoms with Gasteiger partial charge in [0.25, 0.3) is 0 Å². The largest absolute Gasteiger partial charge is 0.493 e. The zero-order valence-corrected chi connectivity index (χ0v) is 17.6. The summed E-state index contributed by atoms with van der Waals surface area (Å²) >= 11 is 0. The third-order valence-electron chi connectivity index (χ3n) is 5.73. The highest BCUT2D eigenvalue weighted by molar-refractivity contribution is 5.76. The first-order chi connectivity index (χ1) is 14.2. The highest BCUT2D eigenvalue weighted by atomic mass is 16.5. The molecule has 1 aromatic carbocycles. The lowest BCUT2D eigenvalue weighted by atomic mass is 9.94. The van der Waals surface area contributed by atoms with Crippen LogP contribution in [0.25, 0.3) is 11.0 Å². The number of fused-ring (bicyclic) bond motifs is 1. The number of likely N-dealkylation sites (tertiary alicyclic amines) is 1. The Morgan fingerprint density at radius 3 is 2.97 bits per heavy atom. The number of hydrogen-bond acceptors (Lipinski definition) is 4. The van der Waals surface area contributed by atoms with Crippen LogP contribution in [0.5, 0.6) is 5.75 Å². The van der Waals surface area contributed by atoms with Crippen molar-refractivity contribution < 1.29 is 4.74 Å². The van der Waals surface area contributed by atoms with E-state index in [1.54, 1.807) is 0 Å². The lowest BCUT2D eigenvalue weighted by molar-refractivity contribution is 0.194. The van der Waals surface area contributed by atoms with Gasteiger partial charge in [0.05, 0.1) is 6.61 Å². The molecule has 3 heterocycles. The minimum atomic E-state index is 0.533. The van der Waals surface area contributed by atoms with Crippen molar-refractivity contribution in [2.24, 2.45) is 0 Å². The number of hydrogen-bond donors (Lipinski definition) is 1. The molecule has 0 bridgehead atoms. The van der Waals surface area contributed by atoms with E-state index in [9.17, 15) is 0 Å². The zero-order chi connectivity index (χ0) is 20.1. The summed E-state index contributed by atoms with van der Waals surface area (Å²) < 4.78 is 6.11. The average Bonchev–Trinajstić information content (AvgIpc) is 3.17. The van der Waals surface area contributed by atoms with E-state index in [4.69, 9.17) is 4.74 Å². The van der Waals surface area contributed by atoms with Crippen molar-refractivity contribution >= 4 is 11.0 Å². The summed E-state index contributed by atoms with van der Waals surface area (Å²) in [6, 6.07) is 14.9. The molecule has 5 heteroatoms. The fourth-order valence-corrected chi connectivity index (χ4v) is 4.23. The van der Waals surface area contributed by atoms with Crippen molar-refractivity contribution in [3.8, 4) is 5.75 Å². The van der Waals surface area contributed by atoms with Crippen molar-refractivity contribution in [1.82, 2.24) is 19.8 Å². The zero-order valence-electron chi connectivity index (χ0n) is 17.6. The van der Waals surface area contributed by atoms with Gasteiger partial charge < -0.3 is 14.6 Å². The number of benzene rings is 1. The van der Waals surface area contributed by atoms with Gasteiger partial charge in [-0.2, -0.15) is 0 Å². The van der Waals surface area contributed by atoms with Crippen LogP contribution in [0, 0.1) is 0 Å². The Balaban J connectivity index is 1.39. The highest BCUT2D eigenvalue weighted by Crippen LogP contribution is 2.30. The first-order valence-electron chi connectivity index (χ1n) is 10.7. The SMILES string of the molecule is CN(C)CCCOc1ccccc1CN1CCCC(c2cc3cccnc3[nH]2)C1. The molecule has 5 nitrogen and oxygen atoms in total. The van der Waals surface area contributed by atoms with Crippen molar-refractivity contribution in [2.75, 3.05) is 40.3 Å². The van der Waals surface area contributed by atoms with Gasteiger partial charge in [0.1, 0.15) is 11.4 Å². The maximum Gasteiger partial charge on any atom is 0.137 e. The molecule has 154 valence electrons. The van der Waals surface area contributed by atoms with Crippen molar-refractivity contribution in [2.45, 2.75) is 31.7 Å². The Kier molecular flexibility index (Phi) is 6.47. The Morgan fingerprint density at radius 1 is 1.21 bits per heavy atom. The fourth-order valence-electron chi connectivity index (χ4n) is 4.23. The third kappa shape index (κ3) is 5.17. The number of ether oxygens (including phenoxy) is 1. The second-order valence-electron chi connectivity index (χ2n) is 8.35. The lowest BCUT2D eigenvalue weighted by Crippen LogP contribution is -2.34. The van der Waals surface area contributed by atoms with Crippen molar-refractivity contribution in [1.29, 1.82) is 0 Å². The molecule has 1 aliphatic heterocycles. The molecule has 1 saturated heterocycles. The van der Waals surface area contributed by atoms with Crippen LogP contribution in [0.3, 0.4) is 0 Å². The van der Waals surface area contributed by atoms with E-state index in [0.717, 1.165) is 50.6 Å². The van der Waals surface area contributed by atoms with Gasteiger partial charge in [0, 0.05) is 48.4 Å². The van der Waals surface area contributed by atoms with Gasteiger partial charge in [0.15, 0.2) is 0 Å². The molecule has 0 amide bonds. The minimum absolute atomic E-state index is 0.533. The standard InChI is InChI=1S/C24H32N4O/c1-27(2)13-7-15-29-23-11-4-3-8-21(23)18-28-14-6-10-20(17-28)22-16-19-9-5-12-25-24(19)26-22/h3-5,8-9,11-12,16,20H,6-7,10,13-15,17-18H2,1-2H3,(H,25,26). The molecule has 1 unspecified atom stereocenters. The molecule has 2 aromatic heterocycles. The molecule has 1 aliphatic rings. The van der Waals surface area contributed by atoms with E-state index in [1.807, 2.05) is 12.3 Å². The second kappa shape index (κ2) is 9.42. The molecule has 1 atom stereocenters. The van der Waals surface area contributed by atoms with Gasteiger partial charge in [-0.1, -0.05) is 18.2 Å². The number of pyridine rings is 1. The second-order valence-corrected chi connectivity index (χ2v) is 8.35. The number of piperidine rings is 1. The van der Waals surface area contributed by atoms with Crippen LogP contribution in [0.1, 0.15) is 36.4 Å². The number of aromatic amines is 1. The van der Waals surface area contributed by atoms with Gasteiger partial charge in [0.2, 0.25) is 0 Å². The maximum atomic E-state index is 6.11. The van der Waals surface area contributed by atoms with Crippen LogP contribution in [0.15, 0.2) is 48.7 Å². The predicted octanol–water partition coefficient (Wildman–Crippen LogP) is 4.27. The Hall–Kier alpha value is -2.37. The number of rotatable bonds is 8. The number of H-pyrrole nitrogens is 1. The quantitative estimate of drug-likeness (QED) is 0.582. The summed E-state index contributed by atoms with van der Waals surface area (Å²) in [5.74, 6) is 1.56. The molecule has 0 radical (unpaired) electrons. The van der Waals surface area contributed by atoms with Crippen LogP contribution >= 0.6 is 0 Å². The summed E-state index contributed by atoms with van der Waals surface area (Å²) in [6.07, 6.45) is 5.35. The number of aromatic nitrogens is 2. The predicted molar refractivity (Wildman–Crippen MR) is 118 cm³/mol. The van der Waals surface area contributed by atoms with Gasteiger partial charge in [-0.15, -0.1) is 0 Å². The van der Waals surface area contributed by atoms with Gasteiger partial charge in [-0.3, -0.25) is 4.90 Å². The van der Waals surface area contributed by atoms with E-state index in [-0.39, 0.29) is 0 Å². The minimum Gasteiger partial charge on any atom is -0.493 e. The fraction of sp³-hybridized carbons (Fsp3) is 0.458. The summed E-state index contributed by atoms with van der Waals surface area (Å²) in [6.45, 7) is 4.97. The Labute approximate surface area is 173 Å². The first-order valence-corrected chi connectivity index (χ1v) is 10.7. The molecule has 0 saturated carbocycles. The molecule has 29 heavy (non-hydrogen) atoms. The topological polar surface area (TPSA) is 44.4 Å². The van der Waals surface area contributed by atoms with E-state index >= 15 is 0 Å². The molecule has 0 aliphatic carbocycles. The molecular weight excluding hydrogens is 360 g/mol. The summed E-state index contributed by atoms with van der Waals surface area (Å²) in [5, 5.41) is 1.20. The molecule has 4 rings (SSSR count). The summed E-state index contributed by atoms with van der Waals surface area (Å²) in [5.41, 5.74) is 3.60. The average molecular weight is 393 g/mol. The van der Waals surface area contributed by atoms with Crippen LogP contribution in [-0.2, 0) is 6.54 Å². The summed E-state index contributed by atoms with van der Waals surface area (Å²) in [4.78, 5) is 12.8. The van der Waals surface area contributed by atoms with Gasteiger partial charge >= 0.3 is 0 Å². The van der Waals surface area contributed by atoms with E-state index < -0.39 is 0 Å². The maximum absolute atomic E-state index is 6.11. The van der Waals surface area contributed by atoms with E-state index in [1.165, 1.54) is 29.5 Å². The molecule has 1 fully saturated rings. The van der Waals surface area contributed by atoms with E-state index in [0.29, 0.717) is 5.92 Å². The van der Waals surface area contributed by atoms with Crippen LogP contribution in [0.4, 0.5) is 0 Å². The number of para-hydroxylation sites is 1. The normalized spacial score (nSPS) is 17.8.